The molecule has 0 saturated heterocycles. The van der Waals surface area contributed by atoms with Crippen molar-refractivity contribution < 1.29 is 20.4 Å². The number of fused-ring (bicyclic) bond motifs is 5. The molecule has 0 amide bonds. The second-order valence-electron chi connectivity index (χ2n) is 10.1. The first-order valence-corrected chi connectivity index (χ1v) is 12.6. The Labute approximate surface area is 227 Å². The highest BCUT2D eigenvalue weighted by atomic mass is 16.3. The minimum Gasteiger partial charge on any atom is -0.508 e. The summed E-state index contributed by atoms with van der Waals surface area (Å²) in [5.41, 5.74) is -0.698. The molecule has 0 bridgehead atoms. The SMILES string of the molecule is Cc1c(O)cc2c(=O)c3c(=O)c4c(c(=O)c=3c(=O)c2c1O)CCc1cc2c(c(O)c1-4)=C(O)N(c1ccccn1)NC=2. The second kappa shape index (κ2) is 8.15. The first kappa shape index (κ1) is 24.3. The number of aliphatic hydroxyl groups excluding tert-OH is 1. The average Bonchev–Trinajstić information content (AvgIpc) is 2.96. The van der Waals surface area contributed by atoms with Crippen molar-refractivity contribution in [2.75, 3.05) is 5.01 Å². The number of nitrogens with zero attached hydrogens (tertiary/aromatic N) is 2. The minimum atomic E-state index is -0.997. The van der Waals surface area contributed by atoms with Crippen LogP contribution >= 0.6 is 0 Å². The van der Waals surface area contributed by atoms with E-state index in [1.54, 1.807) is 30.5 Å². The van der Waals surface area contributed by atoms with E-state index in [9.17, 15) is 39.6 Å². The maximum Gasteiger partial charge on any atom is 0.224 e. The smallest absolute Gasteiger partial charge is 0.224 e. The van der Waals surface area contributed by atoms with Crippen molar-refractivity contribution >= 4 is 28.7 Å². The normalized spacial score (nSPS) is 13.9. The van der Waals surface area contributed by atoms with E-state index in [1.807, 2.05) is 0 Å². The Morgan fingerprint density at radius 1 is 0.829 bits per heavy atom. The molecule has 41 heavy (non-hydrogen) atoms. The molecule has 0 radical (unpaired) electrons. The van der Waals surface area contributed by atoms with E-state index in [0.29, 0.717) is 16.6 Å². The Morgan fingerprint density at radius 3 is 2.32 bits per heavy atom. The molecule has 5 N–H and O–H groups in total. The average molecular weight is 549 g/mol. The number of hydrazine groups is 1. The summed E-state index contributed by atoms with van der Waals surface area (Å²) in [5, 5.41) is 42.9. The molecule has 7 rings (SSSR count). The third kappa shape index (κ3) is 3.05. The summed E-state index contributed by atoms with van der Waals surface area (Å²) in [6.07, 6.45) is 3.35. The molecular formula is C30H19N3O8. The van der Waals surface area contributed by atoms with Gasteiger partial charge in [0.25, 0.3) is 0 Å². The topological polar surface area (TPSA) is 177 Å². The molecule has 0 atom stereocenters. The van der Waals surface area contributed by atoms with E-state index in [4.69, 9.17) is 0 Å². The summed E-state index contributed by atoms with van der Waals surface area (Å²) >= 11 is 0. The van der Waals surface area contributed by atoms with E-state index in [-0.39, 0.29) is 40.3 Å². The monoisotopic (exact) mass is 549 g/mol. The Hall–Kier alpha value is -5.71. The number of benzene rings is 2. The van der Waals surface area contributed by atoms with Crippen LogP contribution in [0.25, 0.3) is 34.0 Å². The molecule has 0 unspecified atom stereocenters. The van der Waals surface area contributed by atoms with Crippen LogP contribution in [0.15, 0.2) is 55.7 Å². The van der Waals surface area contributed by atoms with Gasteiger partial charge in [0, 0.05) is 45.3 Å². The number of pyridine rings is 1. The van der Waals surface area contributed by atoms with Crippen LogP contribution in [0, 0.1) is 17.4 Å². The summed E-state index contributed by atoms with van der Waals surface area (Å²) in [7, 11) is 0. The van der Waals surface area contributed by atoms with Gasteiger partial charge in [-0.2, -0.15) is 0 Å². The molecular weight excluding hydrogens is 530 g/mol. The molecule has 2 aromatic carbocycles. The predicted molar refractivity (Wildman–Crippen MR) is 149 cm³/mol. The van der Waals surface area contributed by atoms with Gasteiger partial charge in [-0.1, -0.05) is 6.07 Å². The van der Waals surface area contributed by atoms with Crippen molar-refractivity contribution in [1.29, 1.82) is 0 Å². The number of phenolic OH excluding ortho intramolecular Hbond substituents is 3. The zero-order valence-electron chi connectivity index (χ0n) is 21.3. The van der Waals surface area contributed by atoms with Gasteiger partial charge in [-0.05, 0) is 49.6 Å². The van der Waals surface area contributed by atoms with Crippen LogP contribution in [0.2, 0.25) is 0 Å². The lowest BCUT2D eigenvalue weighted by Crippen LogP contribution is -2.47. The van der Waals surface area contributed by atoms with Gasteiger partial charge in [-0.3, -0.25) is 24.6 Å². The summed E-state index contributed by atoms with van der Waals surface area (Å²) in [6, 6.07) is 7.67. The number of anilines is 1. The van der Waals surface area contributed by atoms with Gasteiger partial charge in [0.1, 0.15) is 17.2 Å². The molecule has 0 spiro atoms. The molecule has 2 heterocycles. The van der Waals surface area contributed by atoms with Crippen LogP contribution in [-0.4, -0.2) is 25.4 Å². The van der Waals surface area contributed by atoms with E-state index < -0.39 is 66.1 Å². The van der Waals surface area contributed by atoms with Gasteiger partial charge in [0.05, 0.1) is 21.0 Å². The number of aromatic hydroxyl groups is 3. The Balaban J connectivity index is 1.64. The van der Waals surface area contributed by atoms with Gasteiger partial charge in [-0.15, -0.1) is 0 Å². The number of hydrogen-bond acceptors (Lipinski definition) is 11. The standard InChI is InChI=1S/C30H19N3O8/c1-11-16(34)9-15-21(24(11)35)29(40)22-23(26(15)37)28(39)20-14(25(22)36)6-5-12-8-13-10-32-33(17-4-2-3-7-31-17)30(41)19(13)27(38)18(12)20/h2-4,7-10,32,34-35,38,41H,5-6H2,1H3. The molecule has 0 saturated carbocycles. The van der Waals surface area contributed by atoms with Gasteiger partial charge in [0.2, 0.25) is 11.3 Å². The maximum absolute atomic E-state index is 14.0. The highest BCUT2D eigenvalue weighted by molar-refractivity contribution is 5.91. The maximum atomic E-state index is 14.0. The van der Waals surface area contributed by atoms with Crippen LogP contribution in [-0.2, 0) is 12.8 Å². The molecule has 4 aliphatic rings. The van der Waals surface area contributed by atoms with Crippen molar-refractivity contribution in [2.24, 2.45) is 0 Å². The lowest BCUT2D eigenvalue weighted by molar-refractivity contribution is 0.444. The second-order valence-corrected chi connectivity index (χ2v) is 10.1. The number of aliphatic hydroxyl groups is 1. The Kier molecular flexibility index (Phi) is 4.84. The fraction of sp³-hybridized carbons (Fsp3) is 0.100. The van der Waals surface area contributed by atoms with Gasteiger partial charge in [0.15, 0.2) is 22.1 Å². The fourth-order valence-electron chi connectivity index (χ4n) is 5.91. The van der Waals surface area contributed by atoms with Crippen LogP contribution < -0.4 is 42.6 Å². The van der Waals surface area contributed by atoms with Crippen LogP contribution in [0.4, 0.5) is 5.82 Å². The molecule has 3 aliphatic carbocycles. The number of hydrogen-bond donors (Lipinski definition) is 5. The quantitative estimate of drug-likeness (QED) is 0.188. The van der Waals surface area contributed by atoms with Gasteiger partial charge in [-0.25, -0.2) is 9.99 Å². The predicted octanol–water partition coefficient (Wildman–Crippen LogP) is -0.147. The van der Waals surface area contributed by atoms with Gasteiger partial charge < -0.3 is 20.4 Å². The molecule has 11 nitrogen and oxygen atoms in total. The van der Waals surface area contributed by atoms with Crippen molar-refractivity contribution in [3.8, 4) is 28.4 Å². The highest BCUT2D eigenvalue weighted by Gasteiger charge is 2.31. The lowest BCUT2D eigenvalue weighted by Gasteiger charge is -2.27. The fourth-order valence-corrected chi connectivity index (χ4v) is 5.91. The summed E-state index contributed by atoms with van der Waals surface area (Å²) in [6.45, 7) is 1.34. The van der Waals surface area contributed by atoms with Crippen molar-refractivity contribution in [3.63, 3.8) is 0 Å². The zero-order chi connectivity index (χ0) is 28.9. The number of nitrogens with one attached hydrogen (secondary N) is 1. The number of aromatic nitrogens is 1. The minimum absolute atomic E-state index is 0.0154. The van der Waals surface area contributed by atoms with E-state index in [2.05, 4.69) is 10.4 Å². The van der Waals surface area contributed by atoms with Gasteiger partial charge >= 0.3 is 0 Å². The largest absolute Gasteiger partial charge is 0.508 e. The van der Waals surface area contributed by atoms with Crippen LogP contribution in [0.5, 0.6) is 17.2 Å². The third-order valence-electron chi connectivity index (χ3n) is 7.93. The molecule has 3 aromatic rings. The number of phenols is 3. The van der Waals surface area contributed by atoms with Crippen LogP contribution in [0.3, 0.4) is 0 Å². The van der Waals surface area contributed by atoms with E-state index >= 15 is 0 Å². The summed E-state index contributed by atoms with van der Waals surface area (Å²) < 4.78 is 0. The summed E-state index contributed by atoms with van der Waals surface area (Å²) in [5.74, 6) is -1.68. The first-order valence-electron chi connectivity index (χ1n) is 12.6. The zero-order valence-corrected chi connectivity index (χ0v) is 21.3. The Morgan fingerprint density at radius 2 is 1.59 bits per heavy atom. The molecule has 202 valence electrons. The third-order valence-corrected chi connectivity index (χ3v) is 7.93. The molecule has 1 aliphatic heterocycles. The Bertz CT molecular complexity index is 2430. The van der Waals surface area contributed by atoms with E-state index in [1.165, 1.54) is 18.1 Å². The van der Waals surface area contributed by atoms with E-state index in [0.717, 1.165) is 6.07 Å². The number of rotatable bonds is 1. The molecule has 0 fully saturated rings. The van der Waals surface area contributed by atoms with Crippen molar-refractivity contribution in [3.05, 3.63) is 115 Å². The molecule has 11 heteroatoms. The van der Waals surface area contributed by atoms with Crippen molar-refractivity contribution in [2.45, 2.75) is 19.8 Å². The lowest BCUT2D eigenvalue weighted by atomic mass is 9.82. The van der Waals surface area contributed by atoms with Crippen molar-refractivity contribution in [1.82, 2.24) is 10.4 Å². The highest BCUT2D eigenvalue weighted by Crippen LogP contribution is 2.35. The first-order chi connectivity index (χ1) is 19.6. The molecule has 1 aromatic heterocycles. The van der Waals surface area contributed by atoms with Crippen LogP contribution in [0.1, 0.15) is 16.7 Å². The summed E-state index contributed by atoms with van der Waals surface area (Å²) in [4.78, 5) is 59.0. The number of aryl methyl sites for hydroxylation is 1.